The summed E-state index contributed by atoms with van der Waals surface area (Å²) in [6.45, 7) is 7.78. The van der Waals surface area contributed by atoms with E-state index < -0.39 is 0 Å². The fourth-order valence-electron chi connectivity index (χ4n) is 1.70. The predicted octanol–water partition coefficient (Wildman–Crippen LogP) is 2.90. The largest absolute Gasteiger partial charge is 0.467 e. The van der Waals surface area contributed by atoms with Crippen molar-refractivity contribution in [3.63, 3.8) is 0 Å². The zero-order valence-corrected chi connectivity index (χ0v) is 13.8. The maximum absolute atomic E-state index is 5.28. The molecule has 2 N–H and O–H groups in total. The van der Waals surface area contributed by atoms with Gasteiger partial charge in [-0.15, -0.1) is 11.3 Å². The summed E-state index contributed by atoms with van der Waals surface area (Å²) < 4.78 is 5.28. The van der Waals surface area contributed by atoms with Crippen LogP contribution in [-0.2, 0) is 18.5 Å². The average Bonchev–Trinajstić information content (AvgIpc) is 3.09. The highest BCUT2D eigenvalue weighted by atomic mass is 32.1. The Morgan fingerprint density at radius 3 is 2.67 bits per heavy atom. The van der Waals surface area contributed by atoms with E-state index in [9.17, 15) is 0 Å². The van der Waals surface area contributed by atoms with Gasteiger partial charge in [0.2, 0.25) is 0 Å². The number of hydrogen-bond donors (Lipinski definition) is 2. The van der Waals surface area contributed by atoms with E-state index in [-0.39, 0.29) is 5.41 Å². The Balaban J connectivity index is 1.84. The summed E-state index contributed by atoms with van der Waals surface area (Å²) >= 11 is 1.67. The van der Waals surface area contributed by atoms with Crippen LogP contribution in [0.1, 0.15) is 37.2 Å². The van der Waals surface area contributed by atoms with Crippen LogP contribution in [0.4, 0.5) is 0 Å². The summed E-state index contributed by atoms with van der Waals surface area (Å²) in [5.41, 5.74) is 1.22. The number of guanidine groups is 1. The minimum atomic E-state index is 0.0912. The Hall–Kier alpha value is -1.82. The molecule has 2 heterocycles. The number of aromatic nitrogens is 1. The van der Waals surface area contributed by atoms with Gasteiger partial charge in [-0.1, -0.05) is 20.8 Å². The fourth-order valence-corrected chi connectivity index (χ4v) is 2.66. The second kappa shape index (κ2) is 6.76. The number of furan rings is 1. The molecule has 0 bridgehead atoms. The molecular weight excluding hydrogens is 284 g/mol. The first-order valence-corrected chi connectivity index (χ1v) is 7.79. The molecule has 2 aromatic rings. The van der Waals surface area contributed by atoms with E-state index in [2.05, 4.69) is 46.8 Å². The van der Waals surface area contributed by atoms with Crippen molar-refractivity contribution >= 4 is 17.3 Å². The Kier molecular flexibility index (Phi) is 5.01. The Morgan fingerprint density at radius 1 is 1.33 bits per heavy atom. The zero-order valence-electron chi connectivity index (χ0n) is 12.9. The van der Waals surface area contributed by atoms with Crippen molar-refractivity contribution in [2.75, 3.05) is 7.05 Å². The molecule has 0 atom stereocenters. The molecule has 0 aliphatic heterocycles. The normalized spacial score (nSPS) is 12.5. The molecule has 0 fully saturated rings. The fraction of sp³-hybridized carbons (Fsp3) is 0.467. The third kappa shape index (κ3) is 4.60. The van der Waals surface area contributed by atoms with E-state index in [0.29, 0.717) is 13.1 Å². The van der Waals surface area contributed by atoms with Gasteiger partial charge >= 0.3 is 0 Å². The number of thiazole rings is 1. The van der Waals surface area contributed by atoms with Gasteiger partial charge in [-0.25, -0.2) is 4.98 Å². The molecule has 0 saturated heterocycles. The molecule has 2 rings (SSSR count). The minimum Gasteiger partial charge on any atom is -0.467 e. The number of aliphatic imine (C=N–C) groups is 1. The van der Waals surface area contributed by atoms with Gasteiger partial charge in [-0.3, -0.25) is 4.99 Å². The van der Waals surface area contributed by atoms with Gasteiger partial charge < -0.3 is 15.1 Å². The molecule has 6 heteroatoms. The second-order valence-electron chi connectivity index (χ2n) is 5.74. The summed E-state index contributed by atoms with van der Waals surface area (Å²) in [5.74, 6) is 1.61. The van der Waals surface area contributed by atoms with E-state index >= 15 is 0 Å². The average molecular weight is 306 g/mol. The summed E-state index contributed by atoms with van der Waals surface area (Å²) in [6, 6.07) is 3.80. The Morgan fingerprint density at radius 2 is 2.10 bits per heavy atom. The van der Waals surface area contributed by atoms with Crippen molar-refractivity contribution in [3.8, 4) is 0 Å². The van der Waals surface area contributed by atoms with E-state index in [0.717, 1.165) is 22.4 Å². The van der Waals surface area contributed by atoms with Gasteiger partial charge in [0.15, 0.2) is 5.96 Å². The summed E-state index contributed by atoms with van der Waals surface area (Å²) in [6.07, 6.45) is 1.66. The molecule has 0 amide bonds. The highest BCUT2D eigenvalue weighted by Gasteiger charge is 2.17. The van der Waals surface area contributed by atoms with Crippen molar-refractivity contribution in [1.82, 2.24) is 15.6 Å². The number of hydrogen-bond acceptors (Lipinski definition) is 4. The molecule has 5 nitrogen and oxygen atoms in total. The van der Waals surface area contributed by atoms with Crippen LogP contribution in [0.2, 0.25) is 0 Å². The third-order valence-electron chi connectivity index (χ3n) is 2.96. The summed E-state index contributed by atoms with van der Waals surface area (Å²) in [4.78, 5) is 8.84. The molecular formula is C15H22N4OS. The molecule has 21 heavy (non-hydrogen) atoms. The minimum absolute atomic E-state index is 0.0912. The molecule has 0 aliphatic rings. The molecule has 2 aromatic heterocycles. The standard InChI is InChI=1S/C15H22N4OS/c1-15(2,3)12-10-21-13(19-12)9-18-14(16-4)17-8-11-6-5-7-20-11/h5-7,10H,8-9H2,1-4H3,(H2,16,17,18). The van der Waals surface area contributed by atoms with E-state index in [1.807, 2.05) is 12.1 Å². The third-order valence-corrected chi connectivity index (χ3v) is 3.81. The summed E-state index contributed by atoms with van der Waals surface area (Å²) in [5, 5.41) is 9.64. The number of rotatable bonds is 4. The number of nitrogens with zero attached hydrogens (tertiary/aromatic N) is 2. The van der Waals surface area contributed by atoms with E-state index in [1.54, 1.807) is 24.6 Å². The van der Waals surface area contributed by atoms with E-state index in [1.165, 1.54) is 0 Å². The first-order valence-electron chi connectivity index (χ1n) is 6.91. The lowest BCUT2D eigenvalue weighted by atomic mass is 9.93. The van der Waals surface area contributed by atoms with Crippen LogP contribution in [0.5, 0.6) is 0 Å². The van der Waals surface area contributed by atoms with Crippen LogP contribution < -0.4 is 10.6 Å². The molecule has 0 unspecified atom stereocenters. The van der Waals surface area contributed by atoms with Gasteiger partial charge in [-0.05, 0) is 12.1 Å². The van der Waals surface area contributed by atoms with Crippen molar-refractivity contribution in [2.24, 2.45) is 4.99 Å². The Labute approximate surface area is 129 Å². The van der Waals surface area contributed by atoms with Gasteiger partial charge in [0.05, 0.1) is 25.0 Å². The topological polar surface area (TPSA) is 62.5 Å². The first-order chi connectivity index (χ1) is 9.99. The molecule has 0 aliphatic carbocycles. The lowest BCUT2D eigenvalue weighted by Gasteiger charge is -2.14. The molecule has 114 valence electrons. The predicted molar refractivity (Wildman–Crippen MR) is 86.6 cm³/mol. The van der Waals surface area contributed by atoms with Gasteiger partial charge in [0, 0.05) is 17.8 Å². The van der Waals surface area contributed by atoms with Crippen LogP contribution in [-0.4, -0.2) is 18.0 Å². The van der Waals surface area contributed by atoms with Gasteiger partial charge in [0.25, 0.3) is 0 Å². The van der Waals surface area contributed by atoms with Gasteiger partial charge in [0.1, 0.15) is 10.8 Å². The SMILES string of the molecule is CN=C(NCc1ccco1)NCc1nc(C(C)(C)C)cs1. The molecule has 0 aromatic carbocycles. The zero-order chi connectivity index (χ0) is 15.3. The van der Waals surface area contributed by atoms with E-state index in [4.69, 9.17) is 4.42 Å². The second-order valence-corrected chi connectivity index (χ2v) is 6.68. The Bertz CT molecular complexity index is 581. The van der Waals surface area contributed by atoms with Crippen LogP contribution in [0.15, 0.2) is 33.2 Å². The molecule has 0 saturated carbocycles. The van der Waals surface area contributed by atoms with Crippen molar-refractivity contribution in [2.45, 2.75) is 39.3 Å². The maximum atomic E-state index is 5.28. The summed E-state index contributed by atoms with van der Waals surface area (Å²) in [7, 11) is 1.75. The highest BCUT2D eigenvalue weighted by Crippen LogP contribution is 2.23. The van der Waals surface area contributed by atoms with Gasteiger partial charge in [-0.2, -0.15) is 0 Å². The molecule has 0 spiro atoms. The molecule has 0 radical (unpaired) electrons. The van der Waals surface area contributed by atoms with Crippen LogP contribution in [0, 0.1) is 0 Å². The van der Waals surface area contributed by atoms with Crippen LogP contribution in [0.3, 0.4) is 0 Å². The van der Waals surface area contributed by atoms with Crippen molar-refractivity contribution in [3.05, 3.63) is 40.2 Å². The smallest absolute Gasteiger partial charge is 0.191 e. The first kappa shape index (κ1) is 15.6. The lowest BCUT2D eigenvalue weighted by molar-refractivity contribution is 0.501. The van der Waals surface area contributed by atoms with Crippen LogP contribution >= 0.6 is 11.3 Å². The maximum Gasteiger partial charge on any atom is 0.191 e. The lowest BCUT2D eigenvalue weighted by Crippen LogP contribution is -2.36. The quantitative estimate of drug-likeness (QED) is 0.673. The van der Waals surface area contributed by atoms with Crippen LogP contribution in [0.25, 0.3) is 0 Å². The van der Waals surface area contributed by atoms with Crippen molar-refractivity contribution in [1.29, 1.82) is 0 Å². The number of nitrogens with one attached hydrogen (secondary N) is 2. The highest BCUT2D eigenvalue weighted by molar-refractivity contribution is 7.09. The monoisotopic (exact) mass is 306 g/mol. The van der Waals surface area contributed by atoms with Crippen molar-refractivity contribution < 1.29 is 4.42 Å².